The highest BCUT2D eigenvalue weighted by Gasteiger charge is 2.29. The van der Waals surface area contributed by atoms with Gasteiger partial charge in [0.2, 0.25) is 15.9 Å². The van der Waals surface area contributed by atoms with E-state index in [1.165, 1.54) is 16.6 Å². The molecule has 1 N–H and O–H groups in total. The van der Waals surface area contributed by atoms with E-state index in [4.69, 9.17) is 21.1 Å². The van der Waals surface area contributed by atoms with Crippen molar-refractivity contribution in [2.75, 3.05) is 19.5 Å². The number of halogens is 1. The molecule has 0 bridgehead atoms. The molecule has 0 unspecified atom stereocenters. The normalized spacial score (nSPS) is 11.3. The van der Waals surface area contributed by atoms with Gasteiger partial charge in [-0.3, -0.25) is 4.79 Å². The quantitative estimate of drug-likeness (QED) is 0.179. The molecule has 0 saturated heterocycles. The fourth-order valence-corrected chi connectivity index (χ4v) is 6.73. The molecule has 1 heterocycles. The number of hydrogen-bond acceptors (Lipinski definition) is 7. The number of nitriles is 1. The summed E-state index contributed by atoms with van der Waals surface area (Å²) in [6.07, 6.45) is 1.37. The van der Waals surface area contributed by atoms with Crippen molar-refractivity contribution in [3.05, 3.63) is 125 Å². The van der Waals surface area contributed by atoms with Crippen LogP contribution in [0.4, 0.5) is 5.69 Å². The number of rotatable bonds is 11. The average molecular weight is 641 g/mol. The van der Waals surface area contributed by atoms with Crippen LogP contribution in [0.3, 0.4) is 0 Å². The standard InChI is InChI=1S/C34H29ClN4O5S/c1-43-27-11-7-23(8-12-27)21-39(22-24-9-13-28(44-2)14-10-24)45(41,42)33-19-26(18-30-29(33)15-16-37-32(30)20-36)38-34(40)17-25-5-3-4-6-31(25)35/h3-16,18-19H,17,21-22H2,1-2H3,(H,38,40). The number of nitrogens with zero attached hydrogens (tertiary/aromatic N) is 3. The fraction of sp³-hybridized carbons (Fsp3) is 0.147. The topological polar surface area (TPSA) is 122 Å². The number of carbonyl (C=O) groups excluding carboxylic acids is 1. The van der Waals surface area contributed by atoms with Crippen LogP contribution in [0.1, 0.15) is 22.4 Å². The first kappa shape index (κ1) is 31.5. The third-order valence-corrected chi connectivity index (χ3v) is 9.39. The Balaban J connectivity index is 1.59. The number of amides is 1. The molecule has 1 amide bonds. The maximum Gasteiger partial charge on any atom is 0.244 e. The van der Waals surface area contributed by atoms with E-state index in [1.54, 1.807) is 99.1 Å². The number of fused-ring (bicyclic) bond motifs is 1. The van der Waals surface area contributed by atoms with Gasteiger partial charge in [0.25, 0.3) is 0 Å². The van der Waals surface area contributed by atoms with Crippen molar-refractivity contribution in [3.8, 4) is 17.6 Å². The zero-order valence-electron chi connectivity index (χ0n) is 24.5. The van der Waals surface area contributed by atoms with Crippen LogP contribution in [0.15, 0.2) is 102 Å². The van der Waals surface area contributed by atoms with Crippen LogP contribution in [0.2, 0.25) is 5.02 Å². The highest BCUT2D eigenvalue weighted by molar-refractivity contribution is 7.89. The lowest BCUT2D eigenvalue weighted by Crippen LogP contribution is -2.30. The second kappa shape index (κ2) is 13.8. The Morgan fingerprint density at radius 3 is 2.04 bits per heavy atom. The minimum Gasteiger partial charge on any atom is -0.497 e. The molecule has 4 aromatic carbocycles. The summed E-state index contributed by atoms with van der Waals surface area (Å²) in [5.41, 5.74) is 2.33. The first-order chi connectivity index (χ1) is 21.7. The number of benzene rings is 4. The maximum atomic E-state index is 14.6. The van der Waals surface area contributed by atoms with Gasteiger partial charge in [0, 0.05) is 40.8 Å². The molecule has 0 aliphatic heterocycles. The summed E-state index contributed by atoms with van der Waals surface area (Å²) < 4.78 is 41.1. The first-order valence-corrected chi connectivity index (χ1v) is 15.7. The average Bonchev–Trinajstić information content (AvgIpc) is 3.05. The summed E-state index contributed by atoms with van der Waals surface area (Å²) in [5.74, 6) is 0.888. The Morgan fingerprint density at radius 2 is 1.49 bits per heavy atom. The molecule has 45 heavy (non-hydrogen) atoms. The Kier molecular flexibility index (Phi) is 9.64. The second-order valence-corrected chi connectivity index (χ2v) is 12.4. The van der Waals surface area contributed by atoms with Crippen LogP contribution in [-0.4, -0.2) is 37.8 Å². The number of ether oxygens (including phenoxy) is 2. The Labute approximate surface area is 266 Å². The Bertz CT molecular complexity index is 1940. The summed E-state index contributed by atoms with van der Waals surface area (Å²) in [6, 6.07) is 27.8. The summed E-state index contributed by atoms with van der Waals surface area (Å²) in [7, 11) is -1.12. The smallest absolute Gasteiger partial charge is 0.244 e. The molecule has 0 aliphatic carbocycles. The van der Waals surface area contributed by atoms with Crippen molar-refractivity contribution in [2.45, 2.75) is 24.4 Å². The largest absolute Gasteiger partial charge is 0.497 e. The number of carbonyl (C=O) groups is 1. The molecule has 0 radical (unpaired) electrons. The number of hydrogen-bond donors (Lipinski definition) is 1. The van der Waals surface area contributed by atoms with Crippen LogP contribution in [-0.2, 0) is 34.3 Å². The van der Waals surface area contributed by atoms with Gasteiger partial charge in [-0.05, 0) is 65.2 Å². The molecule has 1 aromatic heterocycles. The number of nitrogens with one attached hydrogen (secondary N) is 1. The minimum absolute atomic E-state index is 0.0288. The lowest BCUT2D eigenvalue weighted by Gasteiger charge is -2.24. The summed E-state index contributed by atoms with van der Waals surface area (Å²) in [6.45, 7) is 0.0816. The van der Waals surface area contributed by atoms with E-state index in [0.717, 1.165) is 11.1 Å². The van der Waals surface area contributed by atoms with Crippen LogP contribution in [0.25, 0.3) is 10.8 Å². The molecule has 5 rings (SSSR count). The third-order valence-electron chi connectivity index (χ3n) is 7.19. The molecule has 5 aromatic rings. The molecule has 0 saturated carbocycles. The number of pyridine rings is 1. The highest BCUT2D eigenvalue weighted by Crippen LogP contribution is 2.33. The lowest BCUT2D eigenvalue weighted by atomic mass is 10.1. The molecule has 11 heteroatoms. The zero-order valence-corrected chi connectivity index (χ0v) is 26.1. The van der Waals surface area contributed by atoms with Crippen LogP contribution >= 0.6 is 11.6 Å². The summed E-state index contributed by atoms with van der Waals surface area (Å²) in [4.78, 5) is 17.1. The zero-order chi connectivity index (χ0) is 32.0. The van der Waals surface area contributed by atoms with Gasteiger partial charge in [-0.25, -0.2) is 13.4 Å². The molecule has 228 valence electrons. The monoisotopic (exact) mass is 640 g/mol. The van der Waals surface area contributed by atoms with Crippen LogP contribution < -0.4 is 14.8 Å². The van der Waals surface area contributed by atoms with Crippen LogP contribution in [0, 0.1) is 11.3 Å². The number of aromatic nitrogens is 1. The Morgan fingerprint density at radius 1 is 0.889 bits per heavy atom. The van der Waals surface area contributed by atoms with E-state index in [9.17, 15) is 18.5 Å². The Hall–Kier alpha value is -4.95. The molecule has 0 fully saturated rings. The third kappa shape index (κ3) is 7.24. The van der Waals surface area contributed by atoms with E-state index >= 15 is 0 Å². The van der Waals surface area contributed by atoms with Crippen LogP contribution in [0.5, 0.6) is 11.5 Å². The van der Waals surface area contributed by atoms with Crippen molar-refractivity contribution in [3.63, 3.8) is 0 Å². The molecule has 0 aliphatic rings. The molecular formula is C34H29ClN4O5S. The van der Waals surface area contributed by atoms with E-state index < -0.39 is 15.9 Å². The van der Waals surface area contributed by atoms with Gasteiger partial charge in [-0.15, -0.1) is 0 Å². The summed E-state index contributed by atoms with van der Waals surface area (Å²) in [5, 5.41) is 13.7. The SMILES string of the molecule is COc1ccc(CN(Cc2ccc(OC)cc2)S(=O)(=O)c2cc(NC(=O)Cc3ccccc3Cl)cc3c(C#N)nccc23)cc1. The van der Waals surface area contributed by atoms with Crippen molar-refractivity contribution in [1.29, 1.82) is 5.26 Å². The van der Waals surface area contributed by atoms with E-state index in [1.807, 2.05) is 6.07 Å². The maximum absolute atomic E-state index is 14.6. The van der Waals surface area contributed by atoms with E-state index in [0.29, 0.717) is 32.9 Å². The van der Waals surface area contributed by atoms with Gasteiger partial charge >= 0.3 is 0 Å². The van der Waals surface area contributed by atoms with Crippen molar-refractivity contribution >= 4 is 44.0 Å². The van der Waals surface area contributed by atoms with Gasteiger partial charge in [-0.1, -0.05) is 54.1 Å². The van der Waals surface area contributed by atoms with Gasteiger partial charge < -0.3 is 14.8 Å². The lowest BCUT2D eigenvalue weighted by molar-refractivity contribution is -0.115. The van der Waals surface area contributed by atoms with Gasteiger partial charge in [0.05, 0.1) is 25.5 Å². The van der Waals surface area contributed by atoms with E-state index in [-0.39, 0.29) is 35.8 Å². The first-order valence-electron chi connectivity index (χ1n) is 13.8. The number of methoxy groups -OCH3 is 2. The summed E-state index contributed by atoms with van der Waals surface area (Å²) >= 11 is 6.25. The molecule has 9 nitrogen and oxygen atoms in total. The van der Waals surface area contributed by atoms with Crippen molar-refractivity contribution in [2.24, 2.45) is 0 Å². The molecule has 0 atom stereocenters. The predicted molar refractivity (Wildman–Crippen MR) is 173 cm³/mol. The van der Waals surface area contributed by atoms with Gasteiger partial charge in [0.1, 0.15) is 23.3 Å². The predicted octanol–water partition coefficient (Wildman–Crippen LogP) is 6.35. The number of anilines is 1. The van der Waals surface area contributed by atoms with Gasteiger partial charge in [-0.2, -0.15) is 9.57 Å². The second-order valence-electron chi connectivity index (χ2n) is 10.1. The fourth-order valence-electron chi connectivity index (χ4n) is 4.88. The van der Waals surface area contributed by atoms with E-state index in [2.05, 4.69) is 10.3 Å². The number of sulfonamides is 1. The van der Waals surface area contributed by atoms with Crippen molar-refractivity contribution < 1.29 is 22.7 Å². The highest BCUT2D eigenvalue weighted by atomic mass is 35.5. The minimum atomic E-state index is -4.24. The molecule has 0 spiro atoms. The van der Waals surface area contributed by atoms with Crippen molar-refractivity contribution in [1.82, 2.24) is 9.29 Å². The molecular weight excluding hydrogens is 612 g/mol. The van der Waals surface area contributed by atoms with Gasteiger partial charge in [0.15, 0.2) is 0 Å².